The van der Waals surface area contributed by atoms with Gasteiger partial charge in [-0.05, 0) is 45.0 Å². The van der Waals surface area contributed by atoms with E-state index in [1.165, 1.54) is 24.3 Å². The minimum Gasteiger partial charge on any atom is -0.456 e. The van der Waals surface area contributed by atoms with E-state index in [1.54, 1.807) is 20.8 Å². The number of rotatable bonds is 1. The molecule has 2 nitrogen and oxygen atoms in total. The van der Waals surface area contributed by atoms with Crippen molar-refractivity contribution >= 4 is 5.97 Å². The zero-order valence-electron chi connectivity index (χ0n) is 8.50. The summed E-state index contributed by atoms with van der Waals surface area (Å²) in [5.74, 6) is -0.796. The summed E-state index contributed by atoms with van der Waals surface area (Å²) >= 11 is 0. The molecule has 0 atom stereocenters. The first-order valence-corrected chi connectivity index (χ1v) is 4.37. The zero-order chi connectivity index (χ0) is 10.8. The lowest BCUT2D eigenvalue weighted by atomic mass is 10.1. The van der Waals surface area contributed by atoms with E-state index in [2.05, 4.69) is 0 Å². The van der Waals surface area contributed by atoms with Crippen LogP contribution in [0.5, 0.6) is 0 Å². The fourth-order valence-corrected chi connectivity index (χ4v) is 0.923. The highest BCUT2D eigenvalue weighted by Crippen LogP contribution is 2.12. The van der Waals surface area contributed by atoms with Gasteiger partial charge in [-0.15, -0.1) is 0 Å². The van der Waals surface area contributed by atoms with Gasteiger partial charge < -0.3 is 4.74 Å². The number of benzene rings is 1. The van der Waals surface area contributed by atoms with Gasteiger partial charge in [0.2, 0.25) is 0 Å². The molecular weight excluding hydrogens is 182 g/mol. The molecule has 0 unspecified atom stereocenters. The quantitative estimate of drug-likeness (QED) is 0.644. The van der Waals surface area contributed by atoms with Gasteiger partial charge in [-0.3, -0.25) is 0 Å². The van der Waals surface area contributed by atoms with Crippen LogP contribution < -0.4 is 0 Å². The van der Waals surface area contributed by atoms with E-state index < -0.39 is 11.6 Å². The van der Waals surface area contributed by atoms with Crippen molar-refractivity contribution in [2.45, 2.75) is 26.4 Å². The monoisotopic (exact) mass is 195 g/mol. The van der Waals surface area contributed by atoms with Crippen molar-refractivity contribution in [3.05, 3.63) is 35.6 Å². The number of carbonyl (C=O) groups excluding carboxylic acids is 1. The Morgan fingerprint density at radius 2 is 1.71 bits per heavy atom. The fourth-order valence-electron chi connectivity index (χ4n) is 0.923. The minimum absolute atomic E-state index is 0.362. The molecule has 0 heterocycles. The van der Waals surface area contributed by atoms with Crippen molar-refractivity contribution in [2.24, 2.45) is 0 Å². The highest BCUT2D eigenvalue weighted by Gasteiger charge is 2.17. The van der Waals surface area contributed by atoms with E-state index in [9.17, 15) is 9.18 Å². The first-order chi connectivity index (χ1) is 6.38. The van der Waals surface area contributed by atoms with Crippen LogP contribution in [0, 0.1) is 5.82 Å². The van der Waals surface area contributed by atoms with Crippen LogP contribution >= 0.6 is 0 Å². The lowest BCUT2D eigenvalue weighted by Gasteiger charge is -2.19. The van der Waals surface area contributed by atoms with E-state index in [0.717, 1.165) is 0 Å². The van der Waals surface area contributed by atoms with Gasteiger partial charge in [0.05, 0.1) is 5.56 Å². The molecule has 14 heavy (non-hydrogen) atoms. The second-order valence-corrected chi connectivity index (χ2v) is 4.01. The van der Waals surface area contributed by atoms with E-state index in [0.29, 0.717) is 5.56 Å². The molecule has 1 rings (SSSR count). The molecule has 0 fully saturated rings. The fraction of sp³-hybridized carbons (Fsp3) is 0.364. The molecule has 1 aromatic rings. The van der Waals surface area contributed by atoms with E-state index in [1.807, 2.05) is 0 Å². The molecule has 0 saturated carbocycles. The molecular formula is C11H13FO2. The second-order valence-electron chi connectivity index (χ2n) is 4.01. The molecule has 76 valence electrons. The Bertz CT molecular complexity index is 322. The summed E-state index contributed by atoms with van der Waals surface area (Å²) < 4.78 is 17.6. The summed E-state index contributed by atoms with van der Waals surface area (Å²) in [6.45, 7) is 5.36. The third kappa shape index (κ3) is 3.17. The van der Waals surface area contributed by atoms with Crippen LogP contribution in [-0.4, -0.2) is 11.6 Å². The Hall–Kier alpha value is -1.38. The first kappa shape index (κ1) is 10.7. The second kappa shape index (κ2) is 3.78. The highest BCUT2D eigenvalue weighted by atomic mass is 18.2. The maximum absolute atomic E-state index is 12.5. The van der Waals surface area contributed by atoms with E-state index in [4.69, 9.17) is 4.74 Å². The van der Waals surface area contributed by atoms with Crippen molar-refractivity contribution in [3.63, 3.8) is 0 Å². The number of ether oxygens (including phenoxy) is 1. The number of carbonyl (C=O) groups is 1. The molecule has 0 aliphatic rings. The molecule has 0 spiro atoms. The minimum atomic E-state index is -0.522. The molecule has 3 heteroatoms. The van der Waals surface area contributed by atoms with Crippen molar-refractivity contribution in [1.29, 1.82) is 0 Å². The van der Waals surface area contributed by atoms with Gasteiger partial charge in [0, 0.05) is 0 Å². The van der Waals surface area contributed by atoms with Gasteiger partial charge in [-0.25, -0.2) is 9.18 Å². The predicted molar refractivity (Wildman–Crippen MR) is 51.6 cm³/mol. The molecule has 0 saturated heterocycles. The SMILES string of the molecule is CC(C)(C)OC(=O)c1ccc([18F])cc1. The van der Waals surface area contributed by atoms with Crippen LogP contribution in [0.2, 0.25) is 0 Å². The normalized spacial score (nSPS) is 11.1. The number of hydrogen-bond acceptors (Lipinski definition) is 2. The summed E-state index contributed by atoms with van der Waals surface area (Å²) in [7, 11) is 0. The maximum Gasteiger partial charge on any atom is 0.338 e. The van der Waals surface area contributed by atoms with Gasteiger partial charge >= 0.3 is 5.97 Å². The molecule has 0 amide bonds. The van der Waals surface area contributed by atoms with Crippen LogP contribution in [0.4, 0.5) is 4.39 Å². The number of hydrogen-bond donors (Lipinski definition) is 0. The van der Waals surface area contributed by atoms with Gasteiger partial charge in [0.25, 0.3) is 0 Å². The molecule has 0 aromatic heterocycles. The van der Waals surface area contributed by atoms with E-state index in [-0.39, 0.29) is 5.82 Å². The molecule has 1 aromatic carbocycles. The average molecular weight is 195 g/mol. The Morgan fingerprint density at radius 3 is 2.14 bits per heavy atom. The largest absolute Gasteiger partial charge is 0.456 e. The summed E-state index contributed by atoms with van der Waals surface area (Å²) in [5, 5.41) is 0. The third-order valence-electron chi connectivity index (χ3n) is 1.48. The Balaban J connectivity index is 2.76. The smallest absolute Gasteiger partial charge is 0.338 e. The lowest BCUT2D eigenvalue weighted by molar-refractivity contribution is 0.00695. The molecule has 0 aliphatic heterocycles. The van der Waals surface area contributed by atoms with Crippen molar-refractivity contribution in [1.82, 2.24) is 0 Å². The summed E-state index contributed by atoms with van der Waals surface area (Å²) in [5.41, 5.74) is -0.160. The summed E-state index contributed by atoms with van der Waals surface area (Å²) in [6.07, 6.45) is 0. The number of esters is 1. The maximum atomic E-state index is 12.5. The predicted octanol–water partition coefficient (Wildman–Crippen LogP) is 2.78. The summed E-state index contributed by atoms with van der Waals surface area (Å²) in [6, 6.07) is 5.28. The van der Waals surface area contributed by atoms with Crippen molar-refractivity contribution < 1.29 is 13.9 Å². The Morgan fingerprint density at radius 1 is 1.21 bits per heavy atom. The first-order valence-electron chi connectivity index (χ1n) is 4.37. The third-order valence-corrected chi connectivity index (χ3v) is 1.48. The van der Waals surface area contributed by atoms with E-state index >= 15 is 0 Å². The van der Waals surface area contributed by atoms with Crippen LogP contribution in [0.15, 0.2) is 24.3 Å². The molecule has 0 N–H and O–H groups in total. The molecule has 0 bridgehead atoms. The summed E-state index contributed by atoms with van der Waals surface area (Å²) in [4.78, 5) is 11.4. The Labute approximate surface area is 82.7 Å². The topological polar surface area (TPSA) is 26.3 Å². The average Bonchev–Trinajstić information content (AvgIpc) is 2.02. The van der Waals surface area contributed by atoms with Crippen molar-refractivity contribution in [3.8, 4) is 0 Å². The van der Waals surface area contributed by atoms with Gasteiger partial charge in [-0.1, -0.05) is 0 Å². The van der Waals surface area contributed by atoms with Gasteiger partial charge in [0.15, 0.2) is 0 Å². The van der Waals surface area contributed by atoms with Crippen LogP contribution in [0.25, 0.3) is 0 Å². The Kier molecular flexibility index (Phi) is 2.89. The van der Waals surface area contributed by atoms with Crippen LogP contribution in [0.1, 0.15) is 31.1 Å². The van der Waals surface area contributed by atoms with Crippen LogP contribution in [0.3, 0.4) is 0 Å². The lowest BCUT2D eigenvalue weighted by Crippen LogP contribution is -2.23. The zero-order valence-corrected chi connectivity index (χ0v) is 8.50. The van der Waals surface area contributed by atoms with Crippen LogP contribution in [-0.2, 0) is 4.74 Å². The van der Waals surface area contributed by atoms with Crippen molar-refractivity contribution in [2.75, 3.05) is 0 Å². The highest BCUT2D eigenvalue weighted by molar-refractivity contribution is 5.89. The molecule has 0 aliphatic carbocycles. The standard InChI is InChI=1S/C11H13FO2/c1-11(2,3)14-10(13)8-4-6-9(12)7-5-8/h4-7H,1-3H3/i12-1. The number of halogens is 1. The van der Waals surface area contributed by atoms with Gasteiger partial charge in [0.1, 0.15) is 11.4 Å². The van der Waals surface area contributed by atoms with Gasteiger partial charge in [-0.2, -0.15) is 0 Å². The molecule has 0 radical (unpaired) electrons.